The Balaban J connectivity index is 1.86. The van der Waals surface area contributed by atoms with Gasteiger partial charge in [0.25, 0.3) is 11.8 Å². The van der Waals surface area contributed by atoms with Gasteiger partial charge >= 0.3 is 0 Å². The number of nitrogens with zero attached hydrogens (tertiary/aromatic N) is 1. The molecular formula is C14H13N3O2S. The van der Waals surface area contributed by atoms with Crippen LogP contribution in [0.5, 0.6) is 0 Å². The summed E-state index contributed by atoms with van der Waals surface area (Å²) in [4.78, 5) is 28.5. The van der Waals surface area contributed by atoms with Gasteiger partial charge in [-0.25, -0.2) is 4.98 Å². The molecule has 0 bridgehead atoms. The molecule has 2 heterocycles. The summed E-state index contributed by atoms with van der Waals surface area (Å²) in [7, 11) is 0. The Bertz CT molecular complexity index is 708. The predicted molar refractivity (Wildman–Crippen MR) is 77.1 cm³/mol. The largest absolute Gasteiger partial charge is 0.378 e. The average molecular weight is 287 g/mol. The average Bonchev–Trinajstić information content (AvgIpc) is 2.95. The van der Waals surface area contributed by atoms with Gasteiger partial charge in [-0.1, -0.05) is 0 Å². The van der Waals surface area contributed by atoms with Crippen LogP contribution in [0.25, 0.3) is 0 Å². The van der Waals surface area contributed by atoms with Gasteiger partial charge in [0.1, 0.15) is 0 Å². The van der Waals surface area contributed by atoms with Crippen LogP contribution >= 0.6 is 11.3 Å². The molecule has 1 aliphatic rings. The van der Waals surface area contributed by atoms with E-state index in [1.807, 2.05) is 25.4 Å². The highest BCUT2D eigenvalue weighted by Gasteiger charge is 2.26. The number of hydrogen-bond acceptors (Lipinski definition) is 5. The maximum atomic E-state index is 11.6. The number of fused-ring (bicyclic) bond motifs is 1. The number of benzene rings is 1. The quantitative estimate of drug-likeness (QED) is 0.851. The van der Waals surface area contributed by atoms with Gasteiger partial charge in [0.15, 0.2) is 0 Å². The van der Waals surface area contributed by atoms with Crippen molar-refractivity contribution in [3.05, 3.63) is 45.4 Å². The zero-order valence-electron chi connectivity index (χ0n) is 11.1. The predicted octanol–water partition coefficient (Wildman–Crippen LogP) is 2.51. The third-order valence-electron chi connectivity index (χ3n) is 3.29. The van der Waals surface area contributed by atoms with Crippen molar-refractivity contribution in [2.75, 3.05) is 5.32 Å². The molecular weight excluding hydrogens is 274 g/mol. The molecule has 1 unspecified atom stereocenters. The van der Waals surface area contributed by atoms with Crippen LogP contribution in [0.1, 0.15) is 44.3 Å². The van der Waals surface area contributed by atoms with Crippen LogP contribution in [0.2, 0.25) is 0 Å². The Morgan fingerprint density at radius 2 is 2.00 bits per heavy atom. The molecule has 1 aliphatic heterocycles. The number of aromatic nitrogens is 1. The van der Waals surface area contributed by atoms with Crippen molar-refractivity contribution in [1.82, 2.24) is 10.3 Å². The first-order chi connectivity index (χ1) is 9.56. The van der Waals surface area contributed by atoms with Gasteiger partial charge in [-0.05, 0) is 32.0 Å². The molecule has 20 heavy (non-hydrogen) atoms. The lowest BCUT2D eigenvalue weighted by Gasteiger charge is -2.14. The van der Waals surface area contributed by atoms with E-state index in [4.69, 9.17) is 0 Å². The molecule has 2 N–H and O–H groups in total. The molecule has 3 rings (SSSR count). The lowest BCUT2D eigenvalue weighted by atomic mass is 10.1. The summed E-state index contributed by atoms with van der Waals surface area (Å²) in [5.74, 6) is -0.668. The zero-order valence-corrected chi connectivity index (χ0v) is 11.9. The maximum absolute atomic E-state index is 11.6. The van der Waals surface area contributed by atoms with E-state index in [2.05, 4.69) is 15.6 Å². The van der Waals surface area contributed by atoms with Gasteiger partial charge in [0.05, 0.1) is 28.4 Å². The first-order valence-electron chi connectivity index (χ1n) is 6.22. The second kappa shape index (κ2) is 4.72. The molecule has 6 heteroatoms. The highest BCUT2D eigenvalue weighted by atomic mass is 32.1. The van der Waals surface area contributed by atoms with E-state index in [-0.39, 0.29) is 17.9 Å². The normalized spacial score (nSPS) is 14.9. The van der Waals surface area contributed by atoms with Gasteiger partial charge in [0, 0.05) is 10.6 Å². The summed E-state index contributed by atoms with van der Waals surface area (Å²) in [5, 5.41) is 5.62. The number of imide groups is 1. The molecule has 0 spiro atoms. The van der Waals surface area contributed by atoms with Crippen LogP contribution in [0, 0.1) is 6.92 Å². The van der Waals surface area contributed by atoms with Crippen molar-refractivity contribution in [2.45, 2.75) is 19.9 Å². The number of hydrogen-bond donors (Lipinski definition) is 2. The number of carbonyl (C=O) groups excluding carboxylic acids is 2. The summed E-state index contributed by atoms with van der Waals surface area (Å²) in [6.45, 7) is 4.01. The van der Waals surface area contributed by atoms with Crippen LogP contribution in [-0.4, -0.2) is 16.8 Å². The van der Waals surface area contributed by atoms with E-state index in [1.54, 1.807) is 23.5 Å². The number of carbonyl (C=O) groups is 2. The summed E-state index contributed by atoms with van der Waals surface area (Å²) < 4.78 is 0. The minimum absolute atomic E-state index is 0.0979. The van der Waals surface area contributed by atoms with E-state index < -0.39 is 0 Å². The summed E-state index contributed by atoms with van der Waals surface area (Å²) in [5.41, 5.74) is 4.49. The van der Waals surface area contributed by atoms with E-state index >= 15 is 0 Å². The number of anilines is 1. The fourth-order valence-corrected chi connectivity index (χ4v) is 3.11. The fraction of sp³-hybridized carbons (Fsp3) is 0.214. The molecule has 1 aromatic carbocycles. The maximum Gasteiger partial charge on any atom is 0.259 e. The van der Waals surface area contributed by atoms with Crippen molar-refractivity contribution in [3.63, 3.8) is 0 Å². The number of nitrogens with one attached hydrogen (secondary N) is 2. The van der Waals surface area contributed by atoms with Gasteiger partial charge in [-0.3, -0.25) is 14.9 Å². The van der Waals surface area contributed by atoms with Crippen molar-refractivity contribution >= 4 is 28.8 Å². The summed E-state index contributed by atoms with van der Waals surface area (Å²) in [6, 6.07) is 5.29. The minimum atomic E-state index is -0.338. The Morgan fingerprint density at radius 1 is 1.25 bits per heavy atom. The molecule has 5 nitrogen and oxygen atoms in total. The second-order valence-electron chi connectivity index (χ2n) is 4.71. The molecule has 2 amide bonds. The van der Waals surface area contributed by atoms with Gasteiger partial charge in [0.2, 0.25) is 0 Å². The number of rotatable bonds is 3. The van der Waals surface area contributed by atoms with Gasteiger partial charge in [-0.2, -0.15) is 0 Å². The summed E-state index contributed by atoms with van der Waals surface area (Å²) in [6.07, 6.45) is 0. The van der Waals surface area contributed by atoms with Crippen molar-refractivity contribution in [1.29, 1.82) is 0 Å². The van der Waals surface area contributed by atoms with Crippen molar-refractivity contribution in [3.8, 4) is 0 Å². The second-order valence-corrected chi connectivity index (χ2v) is 5.60. The molecule has 0 aliphatic carbocycles. The van der Waals surface area contributed by atoms with E-state index in [0.29, 0.717) is 11.1 Å². The lowest BCUT2D eigenvalue weighted by Crippen LogP contribution is -2.19. The molecule has 102 valence electrons. The Morgan fingerprint density at radius 3 is 2.70 bits per heavy atom. The fourth-order valence-electron chi connectivity index (χ4n) is 2.30. The number of thiazole rings is 1. The monoisotopic (exact) mass is 287 g/mol. The van der Waals surface area contributed by atoms with Crippen LogP contribution in [0.3, 0.4) is 0 Å². The van der Waals surface area contributed by atoms with Crippen LogP contribution in [0.15, 0.2) is 23.7 Å². The van der Waals surface area contributed by atoms with Crippen LogP contribution < -0.4 is 10.6 Å². The lowest BCUT2D eigenvalue weighted by molar-refractivity contribution is 0.0879. The van der Waals surface area contributed by atoms with Crippen molar-refractivity contribution < 1.29 is 9.59 Å². The topological polar surface area (TPSA) is 71.1 Å². The van der Waals surface area contributed by atoms with Crippen molar-refractivity contribution in [2.24, 2.45) is 0 Å². The number of aryl methyl sites for hydroxylation is 1. The van der Waals surface area contributed by atoms with E-state index in [1.165, 1.54) is 0 Å². The highest BCUT2D eigenvalue weighted by Crippen LogP contribution is 2.27. The Hall–Kier alpha value is -2.21. The SMILES string of the molecule is Cc1ncsc1C(C)Nc1ccc2c(c1)C(=O)NC2=O. The highest BCUT2D eigenvalue weighted by molar-refractivity contribution is 7.09. The third kappa shape index (κ3) is 2.08. The smallest absolute Gasteiger partial charge is 0.259 e. The minimum Gasteiger partial charge on any atom is -0.378 e. The van der Waals surface area contributed by atoms with Crippen LogP contribution in [0.4, 0.5) is 5.69 Å². The van der Waals surface area contributed by atoms with E-state index in [0.717, 1.165) is 16.3 Å². The zero-order chi connectivity index (χ0) is 14.3. The number of amides is 2. The molecule has 0 saturated heterocycles. The first-order valence-corrected chi connectivity index (χ1v) is 7.10. The molecule has 2 aromatic rings. The molecule has 0 saturated carbocycles. The summed E-state index contributed by atoms with van der Waals surface area (Å²) >= 11 is 1.60. The molecule has 1 atom stereocenters. The Kier molecular flexibility index (Phi) is 3.02. The molecule has 0 radical (unpaired) electrons. The third-order valence-corrected chi connectivity index (χ3v) is 4.41. The first kappa shape index (κ1) is 12.8. The van der Waals surface area contributed by atoms with Gasteiger partial charge < -0.3 is 5.32 Å². The van der Waals surface area contributed by atoms with Gasteiger partial charge in [-0.15, -0.1) is 11.3 Å². The standard InChI is InChI=1S/C14H13N3O2S/c1-7-12(20-6-15-7)8(2)16-9-3-4-10-11(5-9)14(19)17-13(10)18/h3-6,8,16H,1-2H3,(H,17,18,19). The molecule has 0 fully saturated rings. The van der Waals surface area contributed by atoms with Crippen LogP contribution in [-0.2, 0) is 0 Å². The Labute approximate surface area is 120 Å². The molecule has 1 aromatic heterocycles. The van der Waals surface area contributed by atoms with E-state index in [9.17, 15) is 9.59 Å².